The number of aromatic nitrogens is 1. The van der Waals surface area contributed by atoms with Crippen LogP contribution in [-0.4, -0.2) is 29.0 Å². The summed E-state index contributed by atoms with van der Waals surface area (Å²) in [6.07, 6.45) is 4.50. The lowest BCUT2D eigenvalue weighted by molar-refractivity contribution is 0.0928. The summed E-state index contributed by atoms with van der Waals surface area (Å²) >= 11 is 1.48. The Hall–Kier alpha value is -2.50. The van der Waals surface area contributed by atoms with Crippen LogP contribution in [0, 0.1) is 0 Å². The fourth-order valence-electron chi connectivity index (χ4n) is 4.40. The van der Waals surface area contributed by atoms with Crippen LogP contribution in [0.2, 0.25) is 0 Å². The van der Waals surface area contributed by atoms with Crippen molar-refractivity contribution in [3.05, 3.63) is 65.5 Å². The van der Waals surface area contributed by atoms with Gasteiger partial charge in [0.15, 0.2) is 0 Å². The van der Waals surface area contributed by atoms with Crippen molar-refractivity contribution in [3.63, 3.8) is 0 Å². The van der Waals surface area contributed by atoms with Crippen molar-refractivity contribution in [1.82, 2.24) is 15.6 Å². The molecule has 4 nitrogen and oxygen atoms in total. The molecule has 0 aliphatic carbocycles. The summed E-state index contributed by atoms with van der Waals surface area (Å²) in [5.41, 5.74) is 2.80. The van der Waals surface area contributed by atoms with E-state index in [4.69, 9.17) is 4.98 Å². The monoisotopic (exact) mass is 389 g/mol. The molecule has 1 amide bonds. The molecule has 2 unspecified atom stereocenters. The van der Waals surface area contributed by atoms with Crippen molar-refractivity contribution in [2.45, 2.75) is 43.8 Å². The number of carbonyl (C=O) groups is 1. The van der Waals surface area contributed by atoms with Crippen molar-refractivity contribution >= 4 is 17.2 Å². The number of rotatable bonds is 4. The highest BCUT2D eigenvalue weighted by Gasteiger charge is 2.34. The molecule has 2 aliphatic rings. The number of hydrogen-bond donors (Lipinski definition) is 2. The maximum atomic E-state index is 13.2. The molecule has 5 heteroatoms. The molecule has 2 aliphatic heterocycles. The van der Waals surface area contributed by atoms with Gasteiger partial charge in [0.05, 0.1) is 5.69 Å². The number of nitrogens with one attached hydrogen (secondary N) is 2. The summed E-state index contributed by atoms with van der Waals surface area (Å²) in [4.78, 5) is 18.8. The van der Waals surface area contributed by atoms with Gasteiger partial charge in [-0.25, -0.2) is 4.98 Å². The summed E-state index contributed by atoms with van der Waals surface area (Å²) in [5.74, 6) is 0.00448. The van der Waals surface area contributed by atoms with Crippen molar-refractivity contribution < 1.29 is 4.79 Å². The second-order valence-corrected chi connectivity index (χ2v) is 8.71. The lowest BCUT2D eigenvalue weighted by Crippen LogP contribution is -2.47. The molecule has 0 radical (unpaired) electrons. The van der Waals surface area contributed by atoms with E-state index in [1.807, 2.05) is 60.7 Å². The van der Waals surface area contributed by atoms with Crippen LogP contribution >= 0.6 is 11.3 Å². The number of piperidine rings is 1. The van der Waals surface area contributed by atoms with Gasteiger partial charge in [0.1, 0.15) is 9.88 Å². The number of fused-ring (bicyclic) bond motifs is 2. The van der Waals surface area contributed by atoms with Crippen LogP contribution in [0.4, 0.5) is 0 Å². The van der Waals surface area contributed by atoms with Gasteiger partial charge in [0.2, 0.25) is 0 Å². The lowest BCUT2D eigenvalue weighted by Gasteiger charge is -2.29. The van der Waals surface area contributed by atoms with Crippen LogP contribution in [0.5, 0.6) is 0 Å². The molecule has 2 bridgehead atoms. The minimum absolute atomic E-state index is 0.00448. The Labute approximate surface area is 169 Å². The number of hydrogen-bond acceptors (Lipinski definition) is 4. The third kappa shape index (κ3) is 3.48. The highest BCUT2D eigenvalue weighted by atomic mass is 32.1. The molecule has 2 atom stereocenters. The van der Waals surface area contributed by atoms with Gasteiger partial charge >= 0.3 is 0 Å². The fourth-order valence-corrected chi connectivity index (χ4v) is 5.39. The highest BCUT2D eigenvalue weighted by Crippen LogP contribution is 2.34. The summed E-state index contributed by atoms with van der Waals surface area (Å²) in [6.45, 7) is 0. The molecular weight excluding hydrogens is 366 g/mol. The fraction of sp³-hybridized carbons (Fsp3) is 0.304. The van der Waals surface area contributed by atoms with Gasteiger partial charge in [0, 0.05) is 29.3 Å². The van der Waals surface area contributed by atoms with Crippen LogP contribution in [-0.2, 0) is 0 Å². The first-order valence-corrected chi connectivity index (χ1v) is 10.8. The summed E-state index contributed by atoms with van der Waals surface area (Å²) in [6, 6.07) is 21.4. The second kappa shape index (κ2) is 7.49. The summed E-state index contributed by atoms with van der Waals surface area (Å²) in [7, 11) is 0. The Morgan fingerprint density at radius 2 is 1.54 bits per heavy atom. The minimum Gasteiger partial charge on any atom is -0.348 e. The number of benzene rings is 2. The average molecular weight is 390 g/mol. The van der Waals surface area contributed by atoms with Crippen LogP contribution < -0.4 is 10.6 Å². The summed E-state index contributed by atoms with van der Waals surface area (Å²) < 4.78 is 0. The summed E-state index contributed by atoms with van der Waals surface area (Å²) in [5, 5.41) is 7.82. The zero-order chi connectivity index (χ0) is 18.9. The molecule has 142 valence electrons. The van der Waals surface area contributed by atoms with E-state index >= 15 is 0 Å². The van der Waals surface area contributed by atoms with Gasteiger partial charge < -0.3 is 10.6 Å². The SMILES string of the molecule is O=C(NC1CC2CCC(C1)N2)c1sc(-c2ccccc2)nc1-c1ccccc1. The Kier molecular flexibility index (Phi) is 4.71. The van der Waals surface area contributed by atoms with Gasteiger partial charge in [-0.15, -0.1) is 11.3 Å². The van der Waals surface area contributed by atoms with Gasteiger partial charge in [-0.1, -0.05) is 60.7 Å². The average Bonchev–Trinajstić information content (AvgIpc) is 3.33. The first-order chi connectivity index (χ1) is 13.8. The van der Waals surface area contributed by atoms with E-state index in [1.165, 1.54) is 24.2 Å². The van der Waals surface area contributed by atoms with Crippen molar-refractivity contribution in [3.8, 4) is 21.8 Å². The van der Waals surface area contributed by atoms with Crippen LogP contribution in [0.15, 0.2) is 60.7 Å². The highest BCUT2D eigenvalue weighted by molar-refractivity contribution is 7.17. The Balaban J connectivity index is 1.46. The van der Waals surface area contributed by atoms with Crippen LogP contribution in [0.1, 0.15) is 35.4 Å². The second-order valence-electron chi connectivity index (χ2n) is 7.71. The van der Waals surface area contributed by atoms with Crippen LogP contribution in [0.3, 0.4) is 0 Å². The maximum Gasteiger partial charge on any atom is 0.263 e. The standard InChI is InChI=1S/C23H23N3OS/c27-22(25-19-13-17-11-12-18(14-19)24-17)21-20(15-7-3-1-4-8-15)26-23(28-21)16-9-5-2-6-10-16/h1-10,17-19,24H,11-14H2,(H,25,27). The van der Waals surface area contributed by atoms with E-state index in [0.717, 1.165) is 34.7 Å². The Morgan fingerprint density at radius 3 is 2.18 bits per heavy atom. The molecule has 1 aromatic heterocycles. The molecule has 3 aromatic rings. The maximum absolute atomic E-state index is 13.2. The predicted octanol–water partition coefficient (Wildman–Crippen LogP) is 4.49. The van der Waals surface area contributed by atoms with Crippen molar-refractivity contribution in [2.75, 3.05) is 0 Å². The zero-order valence-corrected chi connectivity index (χ0v) is 16.4. The van der Waals surface area contributed by atoms with Gasteiger partial charge in [-0.05, 0) is 25.7 Å². The molecule has 3 heterocycles. The van der Waals surface area contributed by atoms with E-state index in [0.29, 0.717) is 17.0 Å². The smallest absolute Gasteiger partial charge is 0.263 e. The molecule has 2 N–H and O–H groups in total. The largest absolute Gasteiger partial charge is 0.348 e. The first kappa shape index (κ1) is 17.6. The zero-order valence-electron chi connectivity index (χ0n) is 15.6. The molecular formula is C23H23N3OS. The lowest BCUT2D eigenvalue weighted by atomic mass is 9.99. The van der Waals surface area contributed by atoms with Gasteiger partial charge in [-0.3, -0.25) is 4.79 Å². The normalized spacial score (nSPS) is 23.5. The topological polar surface area (TPSA) is 54.0 Å². The first-order valence-electron chi connectivity index (χ1n) is 9.95. The number of nitrogens with zero attached hydrogens (tertiary/aromatic N) is 1. The van der Waals surface area contributed by atoms with Gasteiger partial charge in [-0.2, -0.15) is 0 Å². The van der Waals surface area contributed by atoms with Crippen molar-refractivity contribution in [1.29, 1.82) is 0 Å². The van der Waals surface area contributed by atoms with Crippen LogP contribution in [0.25, 0.3) is 21.8 Å². The third-order valence-corrected chi connectivity index (χ3v) is 6.81. The van der Waals surface area contributed by atoms with E-state index < -0.39 is 0 Å². The molecule has 0 spiro atoms. The quantitative estimate of drug-likeness (QED) is 0.691. The molecule has 2 aromatic carbocycles. The Morgan fingerprint density at radius 1 is 0.929 bits per heavy atom. The Bertz CT molecular complexity index is 958. The molecule has 28 heavy (non-hydrogen) atoms. The molecule has 2 fully saturated rings. The number of carbonyl (C=O) groups excluding carboxylic acids is 1. The van der Waals surface area contributed by atoms with E-state index in [-0.39, 0.29) is 11.9 Å². The molecule has 5 rings (SSSR count). The van der Waals surface area contributed by atoms with E-state index in [2.05, 4.69) is 10.6 Å². The molecule has 0 saturated carbocycles. The third-order valence-electron chi connectivity index (χ3n) is 5.71. The van der Waals surface area contributed by atoms with E-state index in [1.54, 1.807) is 0 Å². The number of thiazole rings is 1. The predicted molar refractivity (Wildman–Crippen MR) is 113 cm³/mol. The van der Waals surface area contributed by atoms with Crippen molar-refractivity contribution in [2.24, 2.45) is 0 Å². The van der Waals surface area contributed by atoms with E-state index in [9.17, 15) is 4.79 Å². The van der Waals surface area contributed by atoms with Gasteiger partial charge in [0.25, 0.3) is 5.91 Å². The minimum atomic E-state index is 0.00448. The molecule has 2 saturated heterocycles. The number of amides is 1.